The van der Waals surface area contributed by atoms with Gasteiger partial charge in [0.15, 0.2) is 0 Å². The molecule has 1 aliphatic heterocycles. The molecule has 0 aromatic heterocycles. The first-order valence-corrected chi connectivity index (χ1v) is 13.0. The van der Waals surface area contributed by atoms with Gasteiger partial charge in [-0.2, -0.15) is 0 Å². The Morgan fingerprint density at radius 3 is 2.67 bits per heavy atom. The fraction of sp³-hybridized carbons (Fsp3) is 0.636. The number of amides is 2. The molecule has 0 bridgehead atoms. The van der Waals surface area contributed by atoms with Gasteiger partial charge in [0.05, 0.1) is 17.5 Å². The monoisotopic (exact) mass is 481 g/mol. The fourth-order valence-electron chi connectivity index (χ4n) is 4.36. The molecule has 2 aliphatic rings. The Morgan fingerprint density at radius 1 is 1.18 bits per heavy atom. The lowest BCUT2D eigenvalue weighted by Gasteiger charge is -2.19. The second-order valence-corrected chi connectivity index (χ2v) is 10.7. The Kier molecular flexibility index (Phi) is 8.69. The van der Waals surface area contributed by atoms with Crippen LogP contribution in [0.25, 0.3) is 0 Å². The van der Waals surface area contributed by atoms with Crippen molar-refractivity contribution in [2.75, 3.05) is 7.05 Å². The number of carbonyl (C=O) groups excluding carboxylic acids is 2. The zero-order chi connectivity index (χ0) is 24.0. The molecule has 10 nitrogen and oxygen atoms in total. The number of benzene rings is 1. The van der Waals surface area contributed by atoms with Gasteiger partial charge in [0.2, 0.25) is 15.9 Å². The minimum Gasteiger partial charge on any atom is -0.446 e. The lowest BCUT2D eigenvalue weighted by Crippen LogP contribution is -2.45. The molecule has 0 radical (unpaired) electrons. The summed E-state index contributed by atoms with van der Waals surface area (Å²) >= 11 is 0. The minimum absolute atomic E-state index is 0.0371. The van der Waals surface area contributed by atoms with Crippen molar-refractivity contribution < 1.29 is 22.7 Å². The largest absolute Gasteiger partial charge is 0.446 e. The molecule has 1 aromatic carbocycles. The van der Waals surface area contributed by atoms with Crippen LogP contribution in [-0.2, 0) is 26.0 Å². The average Bonchev–Trinajstić information content (AvgIpc) is 3.43. The van der Waals surface area contributed by atoms with Crippen LogP contribution in [0.15, 0.2) is 29.2 Å². The van der Waals surface area contributed by atoms with Crippen LogP contribution in [0.4, 0.5) is 4.79 Å². The molecule has 5 atom stereocenters. The SMILES string of the molecule is CC[C@H](C)NC(=O)O[C@@H]1CC[C@H](C2CC(NC(=O)Cc3ccccc3S(=O)(=O)NC)NN2)C1. The van der Waals surface area contributed by atoms with Crippen molar-refractivity contribution in [3.05, 3.63) is 29.8 Å². The van der Waals surface area contributed by atoms with Gasteiger partial charge in [-0.05, 0) is 63.6 Å². The van der Waals surface area contributed by atoms with Crippen molar-refractivity contribution in [3.8, 4) is 0 Å². The summed E-state index contributed by atoms with van der Waals surface area (Å²) in [5, 5.41) is 5.75. The van der Waals surface area contributed by atoms with Gasteiger partial charge in [0.1, 0.15) is 6.10 Å². The number of hydrogen-bond acceptors (Lipinski definition) is 7. The first-order valence-electron chi connectivity index (χ1n) is 11.5. The maximum Gasteiger partial charge on any atom is 0.407 e. The first kappa shape index (κ1) is 25.4. The summed E-state index contributed by atoms with van der Waals surface area (Å²) in [7, 11) is -2.30. The molecule has 2 amide bonds. The molecule has 1 saturated carbocycles. The molecular weight excluding hydrogens is 446 g/mol. The van der Waals surface area contributed by atoms with Crippen molar-refractivity contribution in [1.82, 2.24) is 26.2 Å². The fourth-order valence-corrected chi connectivity index (χ4v) is 5.32. The summed E-state index contributed by atoms with van der Waals surface area (Å²) < 4.78 is 32.2. The molecule has 1 aliphatic carbocycles. The van der Waals surface area contributed by atoms with Crippen LogP contribution >= 0.6 is 0 Å². The van der Waals surface area contributed by atoms with Gasteiger partial charge < -0.3 is 15.4 Å². The van der Waals surface area contributed by atoms with Gasteiger partial charge in [-0.15, -0.1) is 0 Å². The third-order valence-corrected chi connectivity index (χ3v) is 7.91. The second kappa shape index (κ2) is 11.3. The van der Waals surface area contributed by atoms with Crippen molar-refractivity contribution in [3.63, 3.8) is 0 Å². The normalized spacial score (nSPS) is 26.0. The third kappa shape index (κ3) is 6.89. The minimum atomic E-state index is -3.64. The molecule has 2 fully saturated rings. The van der Waals surface area contributed by atoms with Crippen LogP contribution < -0.4 is 26.2 Å². The number of carbonyl (C=O) groups is 2. The number of sulfonamides is 1. The van der Waals surface area contributed by atoms with Crippen LogP contribution in [0.2, 0.25) is 0 Å². The topological polar surface area (TPSA) is 138 Å². The van der Waals surface area contributed by atoms with E-state index in [0.717, 1.165) is 25.7 Å². The maximum absolute atomic E-state index is 12.6. The molecule has 2 unspecified atom stereocenters. The van der Waals surface area contributed by atoms with Crippen molar-refractivity contribution >= 4 is 22.0 Å². The molecule has 0 spiro atoms. The lowest BCUT2D eigenvalue weighted by molar-refractivity contribution is -0.121. The predicted octanol–water partition coefficient (Wildman–Crippen LogP) is 1.14. The average molecular weight is 482 g/mol. The highest BCUT2D eigenvalue weighted by Crippen LogP contribution is 2.33. The summed E-state index contributed by atoms with van der Waals surface area (Å²) in [5.41, 5.74) is 6.81. The summed E-state index contributed by atoms with van der Waals surface area (Å²) in [6.45, 7) is 3.95. The van der Waals surface area contributed by atoms with E-state index in [-0.39, 0.29) is 47.7 Å². The number of ether oxygens (including phenoxy) is 1. The van der Waals surface area contributed by atoms with E-state index in [9.17, 15) is 18.0 Å². The Labute approximate surface area is 195 Å². The number of alkyl carbamates (subject to hydrolysis) is 1. The molecular formula is C22H35N5O5S. The second-order valence-electron chi connectivity index (χ2n) is 8.80. The van der Waals surface area contributed by atoms with E-state index >= 15 is 0 Å². The lowest BCUT2D eigenvalue weighted by atomic mass is 9.96. The van der Waals surface area contributed by atoms with Gasteiger partial charge in [-0.3, -0.25) is 10.2 Å². The van der Waals surface area contributed by atoms with E-state index in [1.807, 2.05) is 13.8 Å². The number of hydrazine groups is 1. The summed E-state index contributed by atoms with van der Waals surface area (Å²) in [4.78, 5) is 24.7. The van der Waals surface area contributed by atoms with E-state index in [1.165, 1.54) is 13.1 Å². The first-order chi connectivity index (χ1) is 15.7. The van der Waals surface area contributed by atoms with Crippen LogP contribution in [-0.4, -0.2) is 51.8 Å². The van der Waals surface area contributed by atoms with Crippen molar-refractivity contribution in [1.29, 1.82) is 0 Å². The van der Waals surface area contributed by atoms with Crippen molar-refractivity contribution in [2.24, 2.45) is 5.92 Å². The molecule has 33 heavy (non-hydrogen) atoms. The summed E-state index contributed by atoms with van der Waals surface area (Å²) in [6.07, 6.45) is 3.33. The summed E-state index contributed by atoms with van der Waals surface area (Å²) in [6, 6.07) is 6.71. The van der Waals surface area contributed by atoms with Gasteiger partial charge >= 0.3 is 6.09 Å². The van der Waals surface area contributed by atoms with E-state index in [1.54, 1.807) is 18.2 Å². The molecule has 1 saturated heterocycles. The Bertz CT molecular complexity index is 941. The smallest absolute Gasteiger partial charge is 0.407 e. The number of hydrogen-bond donors (Lipinski definition) is 5. The van der Waals surface area contributed by atoms with E-state index < -0.39 is 10.0 Å². The van der Waals surface area contributed by atoms with Gasteiger partial charge in [0.25, 0.3) is 0 Å². The molecule has 5 N–H and O–H groups in total. The van der Waals surface area contributed by atoms with Crippen LogP contribution in [0.3, 0.4) is 0 Å². The van der Waals surface area contributed by atoms with Gasteiger partial charge in [0, 0.05) is 12.1 Å². The zero-order valence-electron chi connectivity index (χ0n) is 19.4. The number of rotatable bonds is 9. The zero-order valence-corrected chi connectivity index (χ0v) is 20.2. The highest BCUT2D eigenvalue weighted by atomic mass is 32.2. The predicted molar refractivity (Wildman–Crippen MR) is 123 cm³/mol. The molecule has 184 valence electrons. The highest BCUT2D eigenvalue weighted by molar-refractivity contribution is 7.89. The van der Waals surface area contributed by atoms with E-state index in [0.29, 0.717) is 17.9 Å². The quantitative estimate of drug-likeness (QED) is 0.357. The highest BCUT2D eigenvalue weighted by Gasteiger charge is 2.37. The Hall–Kier alpha value is -2.21. The third-order valence-electron chi connectivity index (χ3n) is 6.39. The molecule has 11 heteroatoms. The van der Waals surface area contributed by atoms with Crippen LogP contribution in [0.1, 0.15) is 51.5 Å². The molecule has 1 heterocycles. The van der Waals surface area contributed by atoms with Gasteiger partial charge in [-0.25, -0.2) is 23.4 Å². The standard InChI is InChI=1S/C22H35N5O5S/c1-4-14(2)24-22(29)32-17-10-9-15(11-17)18-13-20(27-26-18)25-21(28)12-16-7-5-6-8-19(16)33(30,31)23-3/h5-8,14-15,17-18,20,23,26-27H,4,9-13H2,1-3H3,(H,24,29)(H,25,28)/t14-,15-,17+,18?,20?/m0/s1. The number of nitrogens with one attached hydrogen (secondary N) is 5. The van der Waals surface area contributed by atoms with Gasteiger partial charge in [-0.1, -0.05) is 25.1 Å². The Morgan fingerprint density at radius 2 is 1.94 bits per heavy atom. The molecule has 1 aromatic rings. The van der Waals surface area contributed by atoms with E-state index in [2.05, 4.69) is 26.2 Å². The van der Waals surface area contributed by atoms with E-state index in [4.69, 9.17) is 4.74 Å². The summed E-state index contributed by atoms with van der Waals surface area (Å²) in [5.74, 6) is 0.0744. The van der Waals surface area contributed by atoms with Crippen LogP contribution in [0.5, 0.6) is 0 Å². The van der Waals surface area contributed by atoms with Crippen LogP contribution in [0, 0.1) is 5.92 Å². The maximum atomic E-state index is 12.6. The van der Waals surface area contributed by atoms with Crippen molar-refractivity contribution in [2.45, 2.75) is 81.6 Å². The molecule has 3 rings (SSSR count). The Balaban J connectivity index is 1.47.